The lowest BCUT2D eigenvalue weighted by Crippen LogP contribution is -2.53. The number of hydrogen-bond acceptors (Lipinski definition) is 3. The lowest BCUT2D eigenvalue weighted by molar-refractivity contribution is -0.124. The van der Waals surface area contributed by atoms with Gasteiger partial charge in [-0.15, -0.1) is 0 Å². The highest BCUT2D eigenvalue weighted by atomic mass is 19.1. The maximum Gasteiger partial charge on any atom is 0.223 e. The molecule has 1 aromatic carbocycles. The van der Waals surface area contributed by atoms with Gasteiger partial charge in [-0.1, -0.05) is 12.1 Å². The number of nitrogens with one attached hydrogen (secondary N) is 1. The minimum atomic E-state index is -0.225. The van der Waals surface area contributed by atoms with E-state index in [-0.39, 0.29) is 36.2 Å². The van der Waals surface area contributed by atoms with E-state index in [0.717, 1.165) is 44.5 Å². The molecule has 1 heterocycles. The number of nitrogens with zero attached hydrogens (tertiary/aromatic N) is 1. The molecule has 4 nitrogen and oxygen atoms in total. The van der Waals surface area contributed by atoms with Crippen LogP contribution in [-0.4, -0.2) is 41.7 Å². The summed E-state index contributed by atoms with van der Waals surface area (Å²) < 4.78 is 13.0. The quantitative estimate of drug-likeness (QED) is 0.867. The van der Waals surface area contributed by atoms with Gasteiger partial charge < -0.3 is 10.4 Å². The molecule has 0 radical (unpaired) electrons. The molecule has 5 heteroatoms. The molecule has 1 aliphatic heterocycles. The van der Waals surface area contributed by atoms with Gasteiger partial charge >= 0.3 is 0 Å². The van der Waals surface area contributed by atoms with Crippen molar-refractivity contribution in [2.75, 3.05) is 19.7 Å². The first-order chi connectivity index (χ1) is 10.7. The molecular weight excluding hydrogens is 283 g/mol. The van der Waals surface area contributed by atoms with Crippen molar-refractivity contribution in [3.63, 3.8) is 0 Å². The Hall–Kier alpha value is -1.46. The third kappa shape index (κ3) is 3.84. The summed E-state index contributed by atoms with van der Waals surface area (Å²) in [5.74, 6) is 0.225. The summed E-state index contributed by atoms with van der Waals surface area (Å²) in [5.41, 5.74) is 1.07. The number of halogens is 1. The maximum absolute atomic E-state index is 13.0. The number of carbonyl (C=O) groups is 1. The van der Waals surface area contributed by atoms with Gasteiger partial charge in [0.2, 0.25) is 5.91 Å². The Balaban J connectivity index is 1.59. The van der Waals surface area contributed by atoms with Gasteiger partial charge in [0.05, 0.1) is 0 Å². The summed E-state index contributed by atoms with van der Waals surface area (Å²) in [5, 5.41) is 12.6. The molecule has 120 valence electrons. The zero-order valence-corrected chi connectivity index (χ0v) is 12.7. The van der Waals surface area contributed by atoms with Crippen LogP contribution in [-0.2, 0) is 11.3 Å². The average molecular weight is 306 g/mol. The van der Waals surface area contributed by atoms with Gasteiger partial charge in [-0.25, -0.2) is 4.39 Å². The second-order valence-corrected chi connectivity index (χ2v) is 6.48. The monoisotopic (exact) mass is 306 g/mol. The number of carbonyl (C=O) groups excluding carboxylic acids is 1. The van der Waals surface area contributed by atoms with Crippen molar-refractivity contribution in [1.29, 1.82) is 0 Å². The minimum Gasteiger partial charge on any atom is -0.396 e. The van der Waals surface area contributed by atoms with Crippen LogP contribution in [0.1, 0.15) is 24.8 Å². The minimum absolute atomic E-state index is 0.00676. The molecule has 22 heavy (non-hydrogen) atoms. The molecular formula is C17H23FN2O2. The summed E-state index contributed by atoms with van der Waals surface area (Å²) in [6.45, 7) is 2.48. The molecule has 1 aromatic rings. The first kappa shape index (κ1) is 15.4. The zero-order valence-electron chi connectivity index (χ0n) is 12.7. The Morgan fingerprint density at radius 3 is 2.64 bits per heavy atom. The smallest absolute Gasteiger partial charge is 0.223 e. The Bertz CT molecular complexity index is 516. The van der Waals surface area contributed by atoms with Gasteiger partial charge in [0.25, 0.3) is 0 Å². The molecule has 1 amide bonds. The topological polar surface area (TPSA) is 52.6 Å². The molecule has 2 N–H and O–H groups in total. The fourth-order valence-corrected chi connectivity index (χ4v) is 3.09. The zero-order chi connectivity index (χ0) is 15.5. The molecule has 1 saturated heterocycles. The van der Waals surface area contributed by atoms with Gasteiger partial charge in [0.15, 0.2) is 0 Å². The van der Waals surface area contributed by atoms with E-state index in [0.29, 0.717) is 0 Å². The first-order valence-corrected chi connectivity index (χ1v) is 8.03. The largest absolute Gasteiger partial charge is 0.396 e. The highest BCUT2D eigenvalue weighted by molar-refractivity contribution is 5.81. The number of benzene rings is 1. The lowest BCUT2D eigenvalue weighted by atomic mass is 9.91. The Kier molecular flexibility index (Phi) is 4.74. The molecule has 0 bridgehead atoms. The van der Waals surface area contributed by atoms with Crippen LogP contribution in [0.4, 0.5) is 4.39 Å². The van der Waals surface area contributed by atoms with Crippen molar-refractivity contribution in [3.05, 3.63) is 35.6 Å². The average Bonchev–Trinajstić information content (AvgIpc) is 3.35. The van der Waals surface area contributed by atoms with E-state index in [4.69, 9.17) is 0 Å². The number of likely N-dealkylation sites (tertiary alicyclic amines) is 1. The van der Waals surface area contributed by atoms with Crippen molar-refractivity contribution in [2.45, 2.75) is 31.8 Å². The molecule has 3 rings (SSSR count). The van der Waals surface area contributed by atoms with E-state index in [2.05, 4.69) is 10.2 Å². The first-order valence-electron chi connectivity index (χ1n) is 8.03. The second-order valence-electron chi connectivity index (χ2n) is 6.48. The molecule has 0 unspecified atom stereocenters. The van der Waals surface area contributed by atoms with Crippen molar-refractivity contribution >= 4 is 5.91 Å². The number of rotatable bonds is 5. The van der Waals surface area contributed by atoms with E-state index >= 15 is 0 Å². The van der Waals surface area contributed by atoms with Gasteiger partial charge in [-0.2, -0.15) is 0 Å². The van der Waals surface area contributed by atoms with E-state index in [9.17, 15) is 14.3 Å². The van der Waals surface area contributed by atoms with Gasteiger partial charge in [-0.3, -0.25) is 9.69 Å². The van der Waals surface area contributed by atoms with Gasteiger partial charge in [0.1, 0.15) is 5.82 Å². The molecule has 1 aliphatic carbocycles. The molecule has 1 saturated carbocycles. The van der Waals surface area contributed by atoms with Crippen LogP contribution < -0.4 is 5.32 Å². The summed E-state index contributed by atoms with van der Waals surface area (Å²) in [4.78, 5) is 14.2. The van der Waals surface area contributed by atoms with Crippen molar-refractivity contribution in [1.82, 2.24) is 10.2 Å². The highest BCUT2D eigenvalue weighted by Crippen LogP contribution is 2.30. The number of piperidine rings is 1. The van der Waals surface area contributed by atoms with E-state index < -0.39 is 0 Å². The molecule has 0 aromatic heterocycles. The number of amides is 1. The molecule has 2 fully saturated rings. The second kappa shape index (κ2) is 6.75. The fraction of sp³-hybridized carbons (Fsp3) is 0.588. The van der Waals surface area contributed by atoms with Gasteiger partial charge in [0, 0.05) is 37.6 Å². The van der Waals surface area contributed by atoms with E-state index in [1.807, 2.05) is 0 Å². The fourth-order valence-electron chi connectivity index (χ4n) is 3.09. The number of aliphatic hydroxyl groups is 1. The van der Waals surface area contributed by atoms with E-state index in [1.165, 1.54) is 12.1 Å². The van der Waals surface area contributed by atoms with Crippen LogP contribution in [0.2, 0.25) is 0 Å². The summed E-state index contributed by atoms with van der Waals surface area (Å²) in [6.07, 6.45) is 2.84. The highest BCUT2D eigenvalue weighted by Gasteiger charge is 2.35. The third-order valence-electron chi connectivity index (χ3n) is 4.67. The van der Waals surface area contributed by atoms with Gasteiger partial charge in [-0.05, 0) is 43.5 Å². The SMILES string of the molecule is O=C(N[C@@H]1CN(Cc2ccc(F)cc2)CC[C@@H]1CO)C1CC1. The standard InChI is InChI=1S/C17H23FN2O2/c18-15-5-1-12(2-6-15)9-20-8-7-14(11-21)16(10-20)19-17(22)13-3-4-13/h1-2,5-6,13-14,16,21H,3-4,7-11H2,(H,19,22)/t14-,16-/m1/s1. The lowest BCUT2D eigenvalue weighted by Gasteiger charge is -2.38. The van der Waals surface area contributed by atoms with E-state index in [1.54, 1.807) is 12.1 Å². The van der Waals surface area contributed by atoms with Crippen LogP contribution in [0.25, 0.3) is 0 Å². The normalized spacial score (nSPS) is 25.9. The van der Waals surface area contributed by atoms with Crippen molar-refractivity contribution in [3.8, 4) is 0 Å². The Morgan fingerprint density at radius 1 is 1.27 bits per heavy atom. The van der Waals surface area contributed by atoms with Crippen LogP contribution in [0, 0.1) is 17.7 Å². The van der Waals surface area contributed by atoms with Crippen LogP contribution in [0.3, 0.4) is 0 Å². The van der Waals surface area contributed by atoms with Crippen molar-refractivity contribution < 1.29 is 14.3 Å². The summed E-state index contributed by atoms with van der Waals surface area (Å²) in [7, 11) is 0. The summed E-state index contributed by atoms with van der Waals surface area (Å²) >= 11 is 0. The molecule has 2 aliphatic rings. The predicted octanol–water partition coefficient (Wildman–Crippen LogP) is 1.53. The third-order valence-corrected chi connectivity index (χ3v) is 4.67. The van der Waals surface area contributed by atoms with Crippen LogP contribution in [0.5, 0.6) is 0 Å². The van der Waals surface area contributed by atoms with Crippen LogP contribution >= 0.6 is 0 Å². The van der Waals surface area contributed by atoms with Crippen LogP contribution in [0.15, 0.2) is 24.3 Å². The number of hydrogen-bond donors (Lipinski definition) is 2. The predicted molar refractivity (Wildman–Crippen MR) is 81.5 cm³/mol. The molecule has 2 atom stereocenters. The Morgan fingerprint density at radius 2 is 2.00 bits per heavy atom. The Labute approximate surface area is 130 Å². The maximum atomic E-state index is 13.0. The molecule has 0 spiro atoms. The summed E-state index contributed by atoms with van der Waals surface area (Å²) in [6, 6.07) is 6.55. The van der Waals surface area contributed by atoms with Crippen molar-refractivity contribution in [2.24, 2.45) is 11.8 Å². The number of aliphatic hydroxyl groups excluding tert-OH is 1.